The molecule has 0 fully saturated rings. The van der Waals surface area contributed by atoms with E-state index in [-0.39, 0.29) is 0 Å². The number of ether oxygens (including phenoxy) is 2. The summed E-state index contributed by atoms with van der Waals surface area (Å²) in [6.45, 7) is 3.25. The van der Waals surface area contributed by atoms with E-state index in [0.29, 0.717) is 19.0 Å². The van der Waals surface area contributed by atoms with E-state index < -0.39 is 0 Å². The van der Waals surface area contributed by atoms with Gasteiger partial charge in [-0.1, -0.05) is 5.10 Å². The average Bonchev–Trinajstić information content (AvgIpc) is 2.92. The first-order valence-corrected chi connectivity index (χ1v) is 5.99. The first-order valence-electron chi connectivity index (χ1n) is 5.99. The van der Waals surface area contributed by atoms with Crippen LogP contribution < -0.4 is 14.8 Å². The number of nitrogens with one attached hydrogen (secondary N) is 1. The number of nitrogens with zero attached hydrogens (tertiary/aromatic N) is 4. The highest BCUT2D eigenvalue weighted by molar-refractivity contribution is 5.42. The normalized spacial score (nSPS) is 10.3. The third kappa shape index (κ3) is 2.93. The molecular formula is C12H17N5O2. The van der Waals surface area contributed by atoms with Crippen molar-refractivity contribution in [3.63, 3.8) is 0 Å². The fourth-order valence-corrected chi connectivity index (χ4v) is 1.74. The van der Waals surface area contributed by atoms with E-state index >= 15 is 0 Å². The molecule has 0 amide bonds. The molecule has 0 atom stereocenters. The first kappa shape index (κ1) is 13.1. The van der Waals surface area contributed by atoms with Crippen LogP contribution in [0.25, 0.3) is 0 Å². The third-order valence-corrected chi connectivity index (χ3v) is 2.76. The molecular weight excluding hydrogens is 246 g/mol. The lowest BCUT2D eigenvalue weighted by molar-refractivity contribution is 0.399. The SMILES string of the molecule is CCn1nnnc1NCc1cc(OC)ccc1OC. The van der Waals surface area contributed by atoms with Crippen LogP contribution in [0.5, 0.6) is 11.5 Å². The van der Waals surface area contributed by atoms with Gasteiger partial charge in [-0.3, -0.25) is 0 Å². The second-order valence-corrected chi connectivity index (χ2v) is 3.85. The lowest BCUT2D eigenvalue weighted by atomic mass is 10.2. The molecule has 0 aliphatic carbocycles. The quantitative estimate of drug-likeness (QED) is 0.847. The minimum Gasteiger partial charge on any atom is -0.497 e. The Bertz CT molecular complexity index is 541. The molecule has 0 aliphatic heterocycles. The van der Waals surface area contributed by atoms with E-state index in [1.165, 1.54) is 0 Å². The van der Waals surface area contributed by atoms with Crippen LogP contribution in [0.1, 0.15) is 12.5 Å². The maximum absolute atomic E-state index is 5.32. The van der Waals surface area contributed by atoms with Gasteiger partial charge in [0.2, 0.25) is 5.95 Å². The van der Waals surface area contributed by atoms with Crippen LogP contribution in [-0.4, -0.2) is 34.4 Å². The number of aromatic nitrogens is 4. The van der Waals surface area contributed by atoms with Gasteiger partial charge in [-0.2, -0.15) is 0 Å². The molecule has 0 spiro atoms. The van der Waals surface area contributed by atoms with Gasteiger partial charge in [-0.15, -0.1) is 0 Å². The van der Waals surface area contributed by atoms with Crippen molar-refractivity contribution >= 4 is 5.95 Å². The van der Waals surface area contributed by atoms with Crippen molar-refractivity contribution in [2.24, 2.45) is 0 Å². The van der Waals surface area contributed by atoms with Crippen molar-refractivity contribution in [2.75, 3.05) is 19.5 Å². The molecule has 1 N–H and O–H groups in total. The molecule has 7 heteroatoms. The molecule has 2 rings (SSSR count). The van der Waals surface area contributed by atoms with Crippen molar-refractivity contribution in [3.8, 4) is 11.5 Å². The van der Waals surface area contributed by atoms with Crippen LogP contribution in [0, 0.1) is 0 Å². The first-order chi connectivity index (χ1) is 9.28. The highest BCUT2D eigenvalue weighted by Gasteiger charge is 2.08. The van der Waals surface area contributed by atoms with Crippen LogP contribution >= 0.6 is 0 Å². The van der Waals surface area contributed by atoms with E-state index in [2.05, 4.69) is 20.8 Å². The summed E-state index contributed by atoms with van der Waals surface area (Å²) in [6.07, 6.45) is 0. The summed E-state index contributed by atoms with van der Waals surface area (Å²) in [5.41, 5.74) is 0.979. The predicted molar refractivity (Wildman–Crippen MR) is 70.4 cm³/mol. The Labute approximate surface area is 111 Å². The molecule has 7 nitrogen and oxygen atoms in total. The summed E-state index contributed by atoms with van der Waals surface area (Å²) in [7, 11) is 3.28. The van der Waals surface area contributed by atoms with Gasteiger partial charge in [-0.25, -0.2) is 4.68 Å². The van der Waals surface area contributed by atoms with Crippen LogP contribution in [-0.2, 0) is 13.1 Å². The Kier molecular flexibility index (Phi) is 4.17. The van der Waals surface area contributed by atoms with Gasteiger partial charge in [0.05, 0.1) is 14.2 Å². The summed E-state index contributed by atoms with van der Waals surface area (Å²) in [5, 5.41) is 14.6. The summed E-state index contributed by atoms with van der Waals surface area (Å²) in [6, 6.07) is 5.66. The fraction of sp³-hybridized carbons (Fsp3) is 0.417. The zero-order chi connectivity index (χ0) is 13.7. The second kappa shape index (κ2) is 6.03. The summed E-state index contributed by atoms with van der Waals surface area (Å²) in [5.74, 6) is 2.21. The lowest BCUT2D eigenvalue weighted by Crippen LogP contribution is -2.08. The van der Waals surface area contributed by atoms with Crippen LogP contribution in [0.2, 0.25) is 0 Å². The van der Waals surface area contributed by atoms with Gasteiger partial charge in [0.15, 0.2) is 0 Å². The van der Waals surface area contributed by atoms with E-state index in [9.17, 15) is 0 Å². The van der Waals surface area contributed by atoms with Gasteiger partial charge in [0.1, 0.15) is 11.5 Å². The molecule has 102 valence electrons. The molecule has 0 saturated carbocycles. The summed E-state index contributed by atoms with van der Waals surface area (Å²) < 4.78 is 12.2. The maximum Gasteiger partial charge on any atom is 0.243 e. The number of anilines is 1. The van der Waals surface area contributed by atoms with Gasteiger partial charge in [0.25, 0.3) is 0 Å². The fourth-order valence-electron chi connectivity index (χ4n) is 1.74. The van der Waals surface area contributed by atoms with Crippen LogP contribution in [0.3, 0.4) is 0 Å². The molecule has 0 unspecified atom stereocenters. The number of benzene rings is 1. The minimum atomic E-state index is 0.556. The molecule has 1 heterocycles. The van der Waals surface area contributed by atoms with Crippen molar-refractivity contribution in [2.45, 2.75) is 20.0 Å². The number of methoxy groups -OCH3 is 2. The monoisotopic (exact) mass is 263 g/mol. The van der Waals surface area contributed by atoms with Crippen molar-refractivity contribution < 1.29 is 9.47 Å². The Morgan fingerprint density at radius 1 is 1.26 bits per heavy atom. The van der Waals surface area contributed by atoms with Gasteiger partial charge < -0.3 is 14.8 Å². The van der Waals surface area contributed by atoms with Gasteiger partial charge >= 0.3 is 0 Å². The zero-order valence-corrected chi connectivity index (χ0v) is 11.3. The molecule has 0 bridgehead atoms. The topological polar surface area (TPSA) is 74.1 Å². The average molecular weight is 263 g/mol. The van der Waals surface area contributed by atoms with E-state index in [1.54, 1.807) is 18.9 Å². The highest BCUT2D eigenvalue weighted by atomic mass is 16.5. The Morgan fingerprint density at radius 2 is 2.11 bits per heavy atom. The van der Waals surface area contributed by atoms with Crippen molar-refractivity contribution in [1.29, 1.82) is 0 Å². The standard InChI is InChI=1S/C12H17N5O2/c1-4-17-12(14-15-16-17)13-8-9-7-10(18-2)5-6-11(9)19-3/h5-7H,4,8H2,1-3H3,(H,13,14,16). The van der Waals surface area contributed by atoms with E-state index in [0.717, 1.165) is 17.1 Å². The molecule has 2 aromatic rings. The smallest absolute Gasteiger partial charge is 0.243 e. The Hall–Kier alpha value is -2.31. The molecule has 19 heavy (non-hydrogen) atoms. The second-order valence-electron chi connectivity index (χ2n) is 3.85. The van der Waals surface area contributed by atoms with E-state index in [4.69, 9.17) is 9.47 Å². The maximum atomic E-state index is 5.32. The lowest BCUT2D eigenvalue weighted by Gasteiger charge is -2.11. The molecule has 0 radical (unpaired) electrons. The largest absolute Gasteiger partial charge is 0.497 e. The Morgan fingerprint density at radius 3 is 2.79 bits per heavy atom. The number of hydrogen-bond donors (Lipinski definition) is 1. The zero-order valence-electron chi connectivity index (χ0n) is 11.3. The van der Waals surface area contributed by atoms with Crippen LogP contribution in [0.4, 0.5) is 5.95 Å². The van der Waals surface area contributed by atoms with Gasteiger partial charge in [0, 0.05) is 18.7 Å². The number of aryl methyl sites for hydroxylation is 1. The van der Waals surface area contributed by atoms with Gasteiger partial charge in [-0.05, 0) is 35.5 Å². The summed E-state index contributed by atoms with van der Waals surface area (Å²) in [4.78, 5) is 0. The van der Waals surface area contributed by atoms with Crippen molar-refractivity contribution in [1.82, 2.24) is 20.2 Å². The molecule has 1 aromatic heterocycles. The Balaban J connectivity index is 2.14. The predicted octanol–water partition coefficient (Wildman–Crippen LogP) is 1.32. The van der Waals surface area contributed by atoms with Crippen molar-refractivity contribution in [3.05, 3.63) is 23.8 Å². The molecule has 1 aromatic carbocycles. The number of hydrogen-bond acceptors (Lipinski definition) is 6. The molecule has 0 saturated heterocycles. The third-order valence-electron chi connectivity index (χ3n) is 2.76. The minimum absolute atomic E-state index is 0.556. The molecule has 0 aliphatic rings. The number of rotatable bonds is 6. The summed E-state index contributed by atoms with van der Waals surface area (Å²) >= 11 is 0. The number of tetrazole rings is 1. The highest BCUT2D eigenvalue weighted by Crippen LogP contribution is 2.24. The van der Waals surface area contributed by atoms with Crippen LogP contribution in [0.15, 0.2) is 18.2 Å². The van der Waals surface area contributed by atoms with E-state index in [1.807, 2.05) is 25.1 Å².